The molecule has 0 fully saturated rings. The molecule has 0 saturated carbocycles. The van der Waals surface area contributed by atoms with Crippen LogP contribution in [-0.4, -0.2) is 48.3 Å². The minimum Gasteiger partial charge on any atom is -0.395 e. The molecule has 4 nitrogen and oxygen atoms in total. The van der Waals surface area contributed by atoms with Gasteiger partial charge in [0, 0.05) is 17.7 Å². The third kappa shape index (κ3) is 5.85. The van der Waals surface area contributed by atoms with Gasteiger partial charge < -0.3 is 15.7 Å². The molecule has 0 bridgehead atoms. The van der Waals surface area contributed by atoms with Gasteiger partial charge in [0.15, 0.2) is 0 Å². The molecule has 1 rings (SSSR count). The zero-order valence-corrected chi connectivity index (χ0v) is 11.2. The number of nitrogens with zero attached hydrogens (tertiary/aromatic N) is 1. The Morgan fingerprint density at radius 1 is 1.29 bits per heavy atom. The smallest absolute Gasteiger partial charge is 0.395 e. The lowest BCUT2D eigenvalue weighted by Gasteiger charge is -2.23. The van der Waals surface area contributed by atoms with Crippen LogP contribution in [0.3, 0.4) is 0 Å². The molecule has 0 radical (unpaired) electrons. The topological polar surface area (TPSA) is 66.6 Å². The highest BCUT2D eigenvalue weighted by Gasteiger charge is 2.33. The molecule has 1 amide bonds. The fraction of sp³-hybridized carbons (Fsp3) is 0.357. The SMILES string of the molecule is NCC#Cc1ccc(C(=O)N(CCO)CC(F)(F)F)cc1. The molecule has 0 aliphatic heterocycles. The number of carbonyl (C=O) groups is 1. The summed E-state index contributed by atoms with van der Waals surface area (Å²) in [5.41, 5.74) is 5.94. The van der Waals surface area contributed by atoms with E-state index in [0.29, 0.717) is 10.5 Å². The minimum absolute atomic E-state index is 0.103. The van der Waals surface area contributed by atoms with Crippen LogP contribution in [0.15, 0.2) is 24.3 Å². The Kier molecular flexibility index (Phi) is 6.21. The van der Waals surface area contributed by atoms with Crippen LogP contribution in [0.4, 0.5) is 13.2 Å². The molecule has 1 aromatic carbocycles. The fourth-order valence-corrected chi connectivity index (χ4v) is 1.62. The zero-order chi connectivity index (χ0) is 15.9. The molecule has 0 atom stereocenters. The van der Waals surface area contributed by atoms with E-state index in [1.807, 2.05) is 0 Å². The normalized spacial score (nSPS) is 10.7. The molecule has 3 N–H and O–H groups in total. The third-order valence-corrected chi connectivity index (χ3v) is 2.49. The van der Waals surface area contributed by atoms with Crippen LogP contribution in [0.5, 0.6) is 0 Å². The van der Waals surface area contributed by atoms with Crippen LogP contribution in [0.1, 0.15) is 15.9 Å². The summed E-state index contributed by atoms with van der Waals surface area (Å²) in [7, 11) is 0. The van der Waals surface area contributed by atoms with Crippen molar-refractivity contribution in [3.05, 3.63) is 35.4 Å². The first-order valence-electron chi connectivity index (χ1n) is 6.13. The van der Waals surface area contributed by atoms with E-state index in [9.17, 15) is 18.0 Å². The fourth-order valence-electron chi connectivity index (χ4n) is 1.62. The number of alkyl halides is 3. The Bertz CT molecular complexity index is 530. The highest BCUT2D eigenvalue weighted by atomic mass is 19.4. The lowest BCUT2D eigenvalue weighted by Crippen LogP contribution is -2.40. The predicted octanol–water partition coefficient (Wildman–Crippen LogP) is 0.994. The maximum atomic E-state index is 12.4. The summed E-state index contributed by atoms with van der Waals surface area (Å²) in [5.74, 6) is 4.58. The number of nitrogens with two attached hydrogens (primary N) is 1. The quantitative estimate of drug-likeness (QED) is 0.815. The molecular formula is C14H15F3N2O2. The second-order valence-corrected chi connectivity index (χ2v) is 4.15. The summed E-state index contributed by atoms with van der Waals surface area (Å²) in [6.45, 7) is -2.13. The Morgan fingerprint density at radius 3 is 2.38 bits per heavy atom. The van der Waals surface area contributed by atoms with Crippen molar-refractivity contribution >= 4 is 5.91 Å². The first kappa shape index (κ1) is 17.0. The first-order chi connectivity index (χ1) is 9.87. The van der Waals surface area contributed by atoms with Gasteiger partial charge in [-0.25, -0.2) is 0 Å². The van der Waals surface area contributed by atoms with Crippen molar-refractivity contribution in [2.75, 3.05) is 26.2 Å². The van der Waals surface area contributed by atoms with Gasteiger partial charge in [0.25, 0.3) is 5.91 Å². The second kappa shape index (κ2) is 7.67. The Hall–Kier alpha value is -2.04. The van der Waals surface area contributed by atoms with E-state index < -0.39 is 25.2 Å². The van der Waals surface area contributed by atoms with Crippen LogP contribution in [0.25, 0.3) is 0 Å². The number of hydrogen-bond donors (Lipinski definition) is 2. The summed E-state index contributed by atoms with van der Waals surface area (Å²) < 4.78 is 37.2. The van der Waals surface area contributed by atoms with E-state index in [1.54, 1.807) is 0 Å². The highest BCUT2D eigenvalue weighted by Crippen LogP contribution is 2.18. The van der Waals surface area contributed by atoms with E-state index in [4.69, 9.17) is 10.8 Å². The van der Waals surface area contributed by atoms with Gasteiger partial charge in [-0.1, -0.05) is 11.8 Å². The number of hydrogen-bond acceptors (Lipinski definition) is 3. The van der Waals surface area contributed by atoms with Gasteiger partial charge in [-0.15, -0.1) is 0 Å². The number of benzene rings is 1. The molecule has 0 saturated heterocycles. The van der Waals surface area contributed by atoms with Gasteiger partial charge in [-0.05, 0) is 24.3 Å². The van der Waals surface area contributed by atoms with E-state index in [-0.39, 0.29) is 18.7 Å². The Labute approximate surface area is 120 Å². The second-order valence-electron chi connectivity index (χ2n) is 4.15. The summed E-state index contributed by atoms with van der Waals surface area (Å²) in [6, 6.07) is 5.84. The molecule has 114 valence electrons. The van der Waals surface area contributed by atoms with Gasteiger partial charge in [0.1, 0.15) is 6.54 Å². The van der Waals surface area contributed by atoms with Crippen molar-refractivity contribution in [2.24, 2.45) is 5.73 Å². The molecule has 7 heteroatoms. The Morgan fingerprint density at radius 2 is 1.90 bits per heavy atom. The number of aliphatic hydroxyl groups excluding tert-OH is 1. The average Bonchev–Trinajstić information content (AvgIpc) is 2.43. The van der Waals surface area contributed by atoms with Crippen molar-refractivity contribution in [3.63, 3.8) is 0 Å². The van der Waals surface area contributed by atoms with Crippen molar-refractivity contribution in [1.82, 2.24) is 4.90 Å². The number of amides is 1. The predicted molar refractivity (Wildman–Crippen MR) is 71.4 cm³/mol. The molecule has 0 aliphatic rings. The van der Waals surface area contributed by atoms with Crippen LogP contribution in [-0.2, 0) is 0 Å². The van der Waals surface area contributed by atoms with Gasteiger partial charge in [-0.3, -0.25) is 4.79 Å². The maximum absolute atomic E-state index is 12.4. The number of rotatable bonds is 4. The lowest BCUT2D eigenvalue weighted by atomic mass is 10.1. The summed E-state index contributed by atoms with van der Waals surface area (Å²) in [4.78, 5) is 12.6. The van der Waals surface area contributed by atoms with Crippen LogP contribution < -0.4 is 5.73 Å². The molecule has 0 aromatic heterocycles. The van der Waals surface area contributed by atoms with Gasteiger partial charge in [0.05, 0.1) is 13.2 Å². The van der Waals surface area contributed by atoms with E-state index >= 15 is 0 Å². The Balaban J connectivity index is 2.88. The van der Waals surface area contributed by atoms with Crippen molar-refractivity contribution in [1.29, 1.82) is 0 Å². The van der Waals surface area contributed by atoms with Crippen LogP contribution in [0, 0.1) is 11.8 Å². The molecule has 0 spiro atoms. The number of halogens is 3. The van der Waals surface area contributed by atoms with Crippen molar-refractivity contribution in [3.8, 4) is 11.8 Å². The monoisotopic (exact) mass is 300 g/mol. The summed E-state index contributed by atoms with van der Waals surface area (Å²) >= 11 is 0. The summed E-state index contributed by atoms with van der Waals surface area (Å²) in [5, 5.41) is 8.78. The molecule has 0 aliphatic carbocycles. The van der Waals surface area contributed by atoms with Crippen LogP contribution >= 0.6 is 0 Å². The molecule has 1 aromatic rings. The van der Waals surface area contributed by atoms with Gasteiger partial charge >= 0.3 is 6.18 Å². The average molecular weight is 300 g/mol. The van der Waals surface area contributed by atoms with Crippen LogP contribution in [0.2, 0.25) is 0 Å². The van der Waals surface area contributed by atoms with Gasteiger partial charge in [0.2, 0.25) is 0 Å². The molecule has 0 heterocycles. The van der Waals surface area contributed by atoms with E-state index in [2.05, 4.69) is 11.8 Å². The van der Waals surface area contributed by atoms with Crippen molar-refractivity contribution < 1.29 is 23.1 Å². The molecule has 0 unspecified atom stereocenters. The summed E-state index contributed by atoms with van der Waals surface area (Å²) in [6.07, 6.45) is -4.52. The minimum atomic E-state index is -4.52. The number of carbonyl (C=O) groups excluding carboxylic acids is 1. The van der Waals surface area contributed by atoms with Crippen molar-refractivity contribution in [2.45, 2.75) is 6.18 Å². The molecular weight excluding hydrogens is 285 g/mol. The largest absolute Gasteiger partial charge is 0.406 e. The maximum Gasteiger partial charge on any atom is 0.406 e. The number of aliphatic hydroxyl groups is 1. The highest BCUT2D eigenvalue weighted by molar-refractivity contribution is 5.94. The first-order valence-corrected chi connectivity index (χ1v) is 6.13. The van der Waals surface area contributed by atoms with E-state index in [1.165, 1.54) is 24.3 Å². The lowest BCUT2D eigenvalue weighted by molar-refractivity contribution is -0.141. The standard InChI is InChI=1S/C14H15F3N2O2/c15-14(16,17)10-19(8-9-20)13(21)12-5-3-11(4-6-12)2-1-7-18/h3-6,20H,7-10,18H2. The molecule has 21 heavy (non-hydrogen) atoms. The van der Waals surface area contributed by atoms with Gasteiger partial charge in [-0.2, -0.15) is 13.2 Å². The zero-order valence-electron chi connectivity index (χ0n) is 11.2. The third-order valence-electron chi connectivity index (χ3n) is 2.49. The van der Waals surface area contributed by atoms with E-state index in [0.717, 1.165) is 0 Å².